The number of carboxylic acids is 2. The third kappa shape index (κ3) is 6.02. The quantitative estimate of drug-likeness (QED) is 0.137. The second-order valence-corrected chi connectivity index (χ2v) is 7.53. The monoisotopic (exact) mass is 521 g/mol. The number of primary amides is 1. The topological polar surface area (TPSA) is 327 Å². The number of hydrogen-bond acceptors (Lipinski definition) is 13. The zero-order valence-electron chi connectivity index (χ0n) is 18.0. The molecule has 2 rings (SSSR count). The summed E-state index contributed by atoms with van der Waals surface area (Å²) in [5.74, 6) is -4.98. The third-order valence-corrected chi connectivity index (χ3v) is 5.10. The maximum atomic E-state index is 12.4. The van der Waals surface area contributed by atoms with E-state index in [0.717, 1.165) is 0 Å². The molecule has 2 heterocycles. The first-order valence-corrected chi connectivity index (χ1v) is 9.84. The van der Waals surface area contributed by atoms with E-state index in [2.05, 4.69) is 4.74 Å². The van der Waals surface area contributed by atoms with Gasteiger partial charge in [-0.1, -0.05) is 0 Å². The minimum absolute atomic E-state index is 0.393. The SMILES string of the molecule is NC(=O)OC[C@@H](O)[C@H](O)[C@@H](N)C(=O)N[C@H](C(=O)O)[C@H]1O[C@@H](n2cc(C(=O)O)c(=O)[nH]c2=O)[C@H](O)[C@@H]1O. The van der Waals surface area contributed by atoms with Crippen LogP contribution in [0.25, 0.3) is 0 Å². The van der Waals surface area contributed by atoms with Crippen LogP contribution in [0.5, 0.6) is 0 Å². The summed E-state index contributed by atoms with van der Waals surface area (Å²) >= 11 is 0. The van der Waals surface area contributed by atoms with E-state index < -0.39 is 96.2 Å². The molecule has 36 heavy (non-hydrogen) atoms. The van der Waals surface area contributed by atoms with Crippen molar-refractivity contribution in [3.05, 3.63) is 32.6 Å². The van der Waals surface area contributed by atoms with E-state index in [0.29, 0.717) is 10.8 Å². The molecular formula is C17H23N5O14. The van der Waals surface area contributed by atoms with Gasteiger partial charge in [0.15, 0.2) is 12.3 Å². The molecule has 0 radical (unpaired) electrons. The van der Waals surface area contributed by atoms with Gasteiger partial charge in [0.2, 0.25) is 5.91 Å². The first-order valence-electron chi connectivity index (χ1n) is 9.84. The van der Waals surface area contributed by atoms with Crippen molar-refractivity contribution in [3.63, 3.8) is 0 Å². The fourth-order valence-electron chi connectivity index (χ4n) is 3.21. The average Bonchev–Trinajstić information content (AvgIpc) is 3.08. The number of amides is 2. The molecule has 1 aliphatic heterocycles. The summed E-state index contributed by atoms with van der Waals surface area (Å²) in [5.41, 5.74) is 6.72. The Morgan fingerprint density at radius 1 is 1.17 bits per heavy atom. The summed E-state index contributed by atoms with van der Waals surface area (Å²) in [7, 11) is 0. The molecule has 19 nitrogen and oxygen atoms in total. The Bertz CT molecular complexity index is 1130. The number of nitrogens with two attached hydrogens (primary N) is 2. The molecule has 0 saturated carbocycles. The van der Waals surface area contributed by atoms with Gasteiger partial charge in [0.1, 0.15) is 48.7 Å². The number of carboxylic acid groups (broad SMARTS) is 2. The van der Waals surface area contributed by atoms with Gasteiger partial charge in [-0.05, 0) is 0 Å². The first-order chi connectivity index (χ1) is 16.7. The number of nitrogens with zero attached hydrogens (tertiary/aromatic N) is 1. The van der Waals surface area contributed by atoms with Gasteiger partial charge in [-0.3, -0.25) is 19.1 Å². The smallest absolute Gasteiger partial charge is 0.404 e. The molecule has 1 saturated heterocycles. The highest BCUT2D eigenvalue weighted by Crippen LogP contribution is 2.30. The largest absolute Gasteiger partial charge is 0.480 e. The summed E-state index contributed by atoms with van der Waals surface area (Å²) < 4.78 is 9.88. The minimum atomic E-state index is -2.16. The van der Waals surface area contributed by atoms with Gasteiger partial charge in [-0.25, -0.2) is 19.2 Å². The first kappa shape index (κ1) is 28.4. The highest BCUT2D eigenvalue weighted by molar-refractivity contribution is 5.88. The maximum Gasteiger partial charge on any atom is 0.404 e. The number of rotatable bonds is 10. The van der Waals surface area contributed by atoms with E-state index in [1.54, 1.807) is 4.98 Å². The van der Waals surface area contributed by atoms with E-state index in [-0.39, 0.29) is 0 Å². The fraction of sp³-hybridized carbons (Fsp3) is 0.529. The normalized spacial score (nSPS) is 24.8. The van der Waals surface area contributed by atoms with Crippen molar-refractivity contribution in [1.29, 1.82) is 0 Å². The van der Waals surface area contributed by atoms with Crippen molar-refractivity contribution in [3.8, 4) is 0 Å². The molecule has 12 N–H and O–H groups in total. The van der Waals surface area contributed by atoms with Gasteiger partial charge in [-0.15, -0.1) is 0 Å². The lowest BCUT2D eigenvalue weighted by Crippen LogP contribution is -2.60. The number of aliphatic hydroxyl groups is 4. The minimum Gasteiger partial charge on any atom is -0.480 e. The van der Waals surface area contributed by atoms with Crippen LogP contribution < -0.4 is 28.0 Å². The van der Waals surface area contributed by atoms with Crippen LogP contribution in [0, 0.1) is 0 Å². The molecule has 0 spiro atoms. The number of nitrogens with one attached hydrogen (secondary N) is 2. The van der Waals surface area contributed by atoms with Crippen molar-refractivity contribution < 1.29 is 59.3 Å². The van der Waals surface area contributed by atoms with Crippen molar-refractivity contribution in [2.24, 2.45) is 11.5 Å². The number of aromatic nitrogens is 2. The Labute approximate surface area is 198 Å². The average molecular weight is 521 g/mol. The lowest BCUT2D eigenvalue weighted by atomic mass is 10.0. The number of ether oxygens (including phenoxy) is 2. The molecule has 0 bridgehead atoms. The Kier molecular flexibility index (Phi) is 8.85. The number of carbonyl (C=O) groups is 4. The van der Waals surface area contributed by atoms with Crippen LogP contribution in [0.15, 0.2) is 15.8 Å². The molecule has 1 fully saturated rings. The van der Waals surface area contributed by atoms with E-state index in [9.17, 15) is 54.3 Å². The van der Waals surface area contributed by atoms with E-state index in [1.165, 1.54) is 0 Å². The third-order valence-electron chi connectivity index (χ3n) is 5.10. The molecule has 0 aromatic carbocycles. The van der Waals surface area contributed by atoms with Crippen LogP contribution in [-0.2, 0) is 19.1 Å². The van der Waals surface area contributed by atoms with Crippen LogP contribution in [0.2, 0.25) is 0 Å². The number of hydrogen-bond donors (Lipinski definition) is 10. The Balaban J connectivity index is 2.25. The van der Waals surface area contributed by atoms with Crippen molar-refractivity contribution in [2.75, 3.05) is 6.61 Å². The van der Waals surface area contributed by atoms with Gasteiger partial charge in [0, 0.05) is 6.20 Å². The van der Waals surface area contributed by atoms with Crippen LogP contribution >= 0.6 is 0 Å². The van der Waals surface area contributed by atoms with E-state index >= 15 is 0 Å². The molecule has 19 heteroatoms. The van der Waals surface area contributed by atoms with E-state index in [1.807, 2.05) is 5.32 Å². The van der Waals surface area contributed by atoms with Crippen LogP contribution in [-0.4, -0.2) is 113 Å². The number of aromatic amines is 1. The van der Waals surface area contributed by atoms with Crippen molar-refractivity contribution in [1.82, 2.24) is 14.9 Å². The Morgan fingerprint density at radius 3 is 2.31 bits per heavy atom. The van der Waals surface area contributed by atoms with Gasteiger partial charge in [-0.2, -0.15) is 0 Å². The molecule has 1 aromatic heterocycles. The number of H-pyrrole nitrogens is 1. The molecule has 1 aliphatic rings. The fourth-order valence-corrected chi connectivity index (χ4v) is 3.21. The zero-order chi connectivity index (χ0) is 27.5. The predicted molar refractivity (Wildman–Crippen MR) is 109 cm³/mol. The van der Waals surface area contributed by atoms with Crippen molar-refractivity contribution >= 4 is 23.9 Å². The standard InChI is InChI=1S/C17H23N5O14/c18-5(7(24)4(23)2-35-16(19)33)12(28)20-6(15(31)32)10-8(25)9(26)13(36-10)22-1-3(14(29)30)11(27)21-17(22)34/h1,4-10,13,23-26H,2,18H2,(H2,19,33)(H,20,28)(H,29,30)(H,31,32)(H,21,27,34)/t4-,5-,6+,7+,8+,9-,10-,13-/m1/s1. The lowest BCUT2D eigenvalue weighted by molar-refractivity contribution is -0.150. The van der Waals surface area contributed by atoms with Crippen LogP contribution in [0.1, 0.15) is 16.6 Å². The highest BCUT2D eigenvalue weighted by Gasteiger charge is 2.50. The zero-order valence-corrected chi connectivity index (χ0v) is 18.0. The summed E-state index contributed by atoms with van der Waals surface area (Å²) in [5, 5.41) is 60.7. The highest BCUT2D eigenvalue weighted by atomic mass is 16.6. The summed E-state index contributed by atoms with van der Waals surface area (Å²) in [6, 6.07) is -4.17. The van der Waals surface area contributed by atoms with Gasteiger partial charge >= 0.3 is 23.7 Å². The number of aliphatic hydroxyl groups excluding tert-OH is 4. The van der Waals surface area contributed by atoms with Crippen LogP contribution in [0.4, 0.5) is 4.79 Å². The molecule has 0 aliphatic carbocycles. The number of aliphatic carboxylic acids is 1. The predicted octanol–water partition coefficient (Wildman–Crippen LogP) is -6.43. The van der Waals surface area contributed by atoms with E-state index in [4.69, 9.17) is 21.3 Å². The summed E-state index contributed by atoms with van der Waals surface area (Å²) in [6.07, 6.45) is -12.8. The Morgan fingerprint density at radius 2 is 1.78 bits per heavy atom. The summed E-state index contributed by atoms with van der Waals surface area (Å²) in [6.45, 7) is -0.857. The van der Waals surface area contributed by atoms with Crippen molar-refractivity contribution in [2.45, 2.75) is 48.8 Å². The Hall–Kier alpha value is -3.88. The summed E-state index contributed by atoms with van der Waals surface area (Å²) in [4.78, 5) is 71.3. The molecule has 1 aromatic rings. The molecular weight excluding hydrogens is 498 g/mol. The second kappa shape index (κ2) is 11.2. The van der Waals surface area contributed by atoms with Gasteiger partial charge < -0.3 is 56.9 Å². The molecule has 200 valence electrons. The van der Waals surface area contributed by atoms with Gasteiger partial charge in [0.25, 0.3) is 5.56 Å². The maximum absolute atomic E-state index is 12.4. The molecule has 8 atom stereocenters. The molecule has 2 amide bonds. The number of carbonyl (C=O) groups excluding carboxylic acids is 2. The molecule has 0 unspecified atom stereocenters. The second-order valence-electron chi connectivity index (χ2n) is 7.53. The van der Waals surface area contributed by atoms with Crippen LogP contribution in [0.3, 0.4) is 0 Å². The number of aromatic carboxylic acids is 1. The lowest BCUT2D eigenvalue weighted by Gasteiger charge is -2.27. The van der Waals surface area contributed by atoms with Gasteiger partial charge in [0.05, 0.1) is 0 Å².